The van der Waals surface area contributed by atoms with Gasteiger partial charge in [0.1, 0.15) is 35.9 Å². The molecule has 0 saturated heterocycles. The van der Waals surface area contributed by atoms with Gasteiger partial charge in [-0.15, -0.1) is 6.58 Å². The molecule has 2 aromatic carbocycles. The molecular formula is C40H48F3N3O11. The molecule has 310 valence electrons. The molecule has 1 N–H and O–H groups in total. The van der Waals surface area contributed by atoms with E-state index in [2.05, 4.69) is 16.9 Å². The highest BCUT2D eigenvalue weighted by molar-refractivity contribution is 6.02. The van der Waals surface area contributed by atoms with Gasteiger partial charge in [0.25, 0.3) is 11.8 Å². The van der Waals surface area contributed by atoms with Crippen LogP contribution in [0.25, 0.3) is 0 Å². The number of nitrogens with one attached hydrogen (secondary N) is 1. The van der Waals surface area contributed by atoms with E-state index >= 15 is 0 Å². The van der Waals surface area contributed by atoms with E-state index in [9.17, 15) is 32.3 Å². The predicted octanol–water partition coefficient (Wildman–Crippen LogP) is 5.34. The Morgan fingerprint density at radius 3 is 2.04 bits per heavy atom. The molecule has 14 nitrogen and oxygen atoms in total. The molecule has 1 atom stereocenters. The van der Waals surface area contributed by atoms with Crippen LogP contribution in [-0.2, 0) is 34.7 Å². The van der Waals surface area contributed by atoms with Crippen molar-refractivity contribution in [2.45, 2.75) is 31.5 Å². The zero-order valence-electron chi connectivity index (χ0n) is 31.7. The lowest BCUT2D eigenvalue weighted by Gasteiger charge is -2.24. The minimum atomic E-state index is -4.53. The highest BCUT2D eigenvalue weighted by atomic mass is 19.4. The first-order valence-electron chi connectivity index (χ1n) is 18.1. The SMILES string of the molecule is C=CCCC(C=O)N(C)C(=O)c1ccc(OCCOCCOCCOCCOCCCNC(=O)COc2ccc(Oc3cncc(C(F)(F)F)c3)cc2)cc1C=O. The minimum Gasteiger partial charge on any atom is -0.491 e. The summed E-state index contributed by atoms with van der Waals surface area (Å²) in [5.41, 5.74) is -0.584. The predicted molar refractivity (Wildman–Crippen MR) is 201 cm³/mol. The Bertz CT molecular complexity index is 1690. The van der Waals surface area contributed by atoms with Crippen molar-refractivity contribution in [3.63, 3.8) is 0 Å². The van der Waals surface area contributed by atoms with Gasteiger partial charge in [-0.05, 0) is 67.8 Å². The van der Waals surface area contributed by atoms with Crippen LogP contribution >= 0.6 is 0 Å². The second-order valence-corrected chi connectivity index (χ2v) is 12.1. The van der Waals surface area contributed by atoms with Crippen LogP contribution in [0, 0.1) is 0 Å². The number of benzene rings is 2. The van der Waals surface area contributed by atoms with Gasteiger partial charge in [0, 0.05) is 32.0 Å². The van der Waals surface area contributed by atoms with Gasteiger partial charge in [-0.1, -0.05) is 6.08 Å². The van der Waals surface area contributed by atoms with Gasteiger partial charge in [-0.3, -0.25) is 19.4 Å². The fourth-order valence-corrected chi connectivity index (χ4v) is 4.86. The molecule has 0 radical (unpaired) electrons. The molecule has 0 saturated carbocycles. The Morgan fingerprint density at radius 1 is 0.807 bits per heavy atom. The summed E-state index contributed by atoms with van der Waals surface area (Å²) in [6.45, 7) is 6.93. The van der Waals surface area contributed by atoms with Crippen LogP contribution < -0.4 is 19.5 Å². The maximum absolute atomic E-state index is 12.9. The third kappa shape index (κ3) is 17.5. The summed E-state index contributed by atoms with van der Waals surface area (Å²) in [6, 6.07) is 10.9. The van der Waals surface area contributed by atoms with Crippen LogP contribution in [0.2, 0.25) is 0 Å². The number of nitrogens with zero attached hydrogens (tertiary/aromatic N) is 2. The van der Waals surface area contributed by atoms with Gasteiger partial charge < -0.3 is 48.2 Å². The number of amides is 2. The van der Waals surface area contributed by atoms with E-state index in [0.717, 1.165) is 6.07 Å². The number of pyridine rings is 1. The smallest absolute Gasteiger partial charge is 0.418 e. The van der Waals surface area contributed by atoms with Crippen LogP contribution in [0.15, 0.2) is 73.6 Å². The van der Waals surface area contributed by atoms with E-state index in [1.165, 1.54) is 54.5 Å². The number of carbonyl (C=O) groups is 4. The number of aromatic nitrogens is 1. The van der Waals surface area contributed by atoms with Crippen molar-refractivity contribution < 1.29 is 65.5 Å². The van der Waals surface area contributed by atoms with E-state index in [0.29, 0.717) is 102 Å². The third-order valence-electron chi connectivity index (χ3n) is 7.89. The summed E-state index contributed by atoms with van der Waals surface area (Å²) < 4.78 is 77.0. The maximum atomic E-state index is 12.9. The first-order valence-corrected chi connectivity index (χ1v) is 18.1. The van der Waals surface area contributed by atoms with Gasteiger partial charge in [0.05, 0.1) is 69.6 Å². The molecule has 1 unspecified atom stereocenters. The van der Waals surface area contributed by atoms with Gasteiger partial charge in [0.15, 0.2) is 12.9 Å². The van der Waals surface area contributed by atoms with Crippen molar-refractivity contribution >= 4 is 24.4 Å². The number of hydrogen-bond donors (Lipinski definition) is 1. The summed E-state index contributed by atoms with van der Waals surface area (Å²) in [5.74, 6) is 0.236. The molecule has 1 heterocycles. The Morgan fingerprint density at radius 2 is 1.42 bits per heavy atom. The average Bonchev–Trinajstić information content (AvgIpc) is 3.21. The number of alkyl halides is 3. The molecule has 0 aliphatic rings. The Kier molecular flexibility index (Phi) is 20.8. The second-order valence-electron chi connectivity index (χ2n) is 12.1. The van der Waals surface area contributed by atoms with Crippen molar-refractivity contribution in [1.29, 1.82) is 0 Å². The van der Waals surface area contributed by atoms with E-state index in [4.69, 9.17) is 33.2 Å². The van der Waals surface area contributed by atoms with Crippen LogP contribution in [0.1, 0.15) is 45.5 Å². The average molecular weight is 804 g/mol. The van der Waals surface area contributed by atoms with E-state index < -0.39 is 23.7 Å². The number of hydrogen-bond acceptors (Lipinski definition) is 12. The number of likely N-dealkylation sites (N-methyl/N-ethyl adjacent to an activating group) is 1. The molecular weight excluding hydrogens is 755 g/mol. The standard InChI is InChI=1S/C40H48F3N3O11/c1-3-4-6-32(28-48)46(2)39(50)37-12-11-35(23-30(37)27-47)55-22-21-54-20-19-53-18-17-52-16-15-51-14-5-13-45-38(49)29-56-33-7-9-34(10-8-33)57-36-24-31(25-44-26-36)40(41,42)43/h3,7-12,23-28,32H,1,4-6,13-22,29H2,2H3,(H,45,49). The molecule has 2 amide bonds. The van der Waals surface area contributed by atoms with Crippen molar-refractivity contribution in [1.82, 2.24) is 15.2 Å². The molecule has 0 aliphatic carbocycles. The monoisotopic (exact) mass is 803 g/mol. The molecule has 0 fully saturated rings. The van der Waals surface area contributed by atoms with Gasteiger partial charge in [-0.2, -0.15) is 13.2 Å². The van der Waals surface area contributed by atoms with Crippen molar-refractivity contribution in [3.05, 3.63) is 90.3 Å². The van der Waals surface area contributed by atoms with Gasteiger partial charge >= 0.3 is 6.18 Å². The van der Waals surface area contributed by atoms with E-state index in [1.54, 1.807) is 12.1 Å². The third-order valence-corrected chi connectivity index (χ3v) is 7.89. The molecule has 1 aromatic heterocycles. The zero-order valence-corrected chi connectivity index (χ0v) is 31.7. The van der Waals surface area contributed by atoms with Crippen molar-refractivity contribution in [2.24, 2.45) is 0 Å². The van der Waals surface area contributed by atoms with Crippen LogP contribution in [0.5, 0.6) is 23.0 Å². The first-order chi connectivity index (χ1) is 27.5. The Balaban J connectivity index is 1.12. The van der Waals surface area contributed by atoms with Gasteiger partial charge in [-0.25, -0.2) is 0 Å². The number of rotatable bonds is 29. The van der Waals surface area contributed by atoms with E-state index in [1.807, 2.05) is 0 Å². The molecule has 0 aliphatic heterocycles. The minimum absolute atomic E-state index is 0.0637. The Labute approximate surface area is 329 Å². The van der Waals surface area contributed by atoms with Crippen LogP contribution in [-0.4, -0.2) is 120 Å². The van der Waals surface area contributed by atoms with Crippen LogP contribution in [0.3, 0.4) is 0 Å². The molecule has 3 rings (SSSR count). The summed E-state index contributed by atoms with van der Waals surface area (Å²) >= 11 is 0. The van der Waals surface area contributed by atoms with E-state index in [-0.39, 0.29) is 48.4 Å². The number of allylic oxidation sites excluding steroid dienone is 1. The van der Waals surface area contributed by atoms with Gasteiger partial charge in [0.2, 0.25) is 0 Å². The summed E-state index contributed by atoms with van der Waals surface area (Å²) in [5, 5.41) is 2.72. The fourth-order valence-electron chi connectivity index (χ4n) is 4.86. The topological polar surface area (TPSA) is 161 Å². The molecule has 17 heteroatoms. The highest BCUT2D eigenvalue weighted by Crippen LogP contribution is 2.32. The van der Waals surface area contributed by atoms with Crippen molar-refractivity contribution in [2.75, 3.05) is 79.7 Å². The largest absolute Gasteiger partial charge is 0.491 e. The number of halogens is 3. The molecule has 0 spiro atoms. The lowest BCUT2D eigenvalue weighted by Crippen LogP contribution is -2.38. The lowest BCUT2D eigenvalue weighted by molar-refractivity contribution is -0.138. The quantitative estimate of drug-likeness (QED) is 0.0546. The molecule has 3 aromatic rings. The second kappa shape index (κ2) is 25.7. The first kappa shape index (κ1) is 46.0. The molecule has 57 heavy (non-hydrogen) atoms. The molecule has 0 bridgehead atoms. The fraction of sp³-hybridized carbons (Fsp3) is 0.425. The number of ether oxygens (including phenoxy) is 7. The van der Waals surface area contributed by atoms with Crippen molar-refractivity contribution in [3.8, 4) is 23.0 Å². The summed E-state index contributed by atoms with van der Waals surface area (Å²) in [6.07, 6.45) is 1.91. The zero-order chi connectivity index (χ0) is 41.3. The lowest BCUT2D eigenvalue weighted by atomic mass is 10.0. The normalized spacial score (nSPS) is 11.6. The number of aldehydes is 2. The number of carbonyl (C=O) groups excluding carboxylic acids is 4. The highest BCUT2D eigenvalue weighted by Gasteiger charge is 2.31. The summed E-state index contributed by atoms with van der Waals surface area (Å²) in [7, 11) is 1.52. The summed E-state index contributed by atoms with van der Waals surface area (Å²) in [4.78, 5) is 52.9. The Hall–Kier alpha value is -5.36. The van der Waals surface area contributed by atoms with Crippen LogP contribution in [0.4, 0.5) is 13.2 Å². The maximum Gasteiger partial charge on any atom is 0.418 e.